The molecule has 0 fully saturated rings. The monoisotopic (exact) mass is 285 g/mol. The van der Waals surface area contributed by atoms with E-state index in [1.54, 1.807) is 6.07 Å². The first-order valence-electron chi connectivity index (χ1n) is 5.50. The molecular formula is C13H17BrFN. The van der Waals surface area contributed by atoms with Gasteiger partial charge in [0.05, 0.1) is 4.47 Å². The minimum atomic E-state index is -0.226. The third-order valence-electron chi connectivity index (χ3n) is 2.24. The van der Waals surface area contributed by atoms with Crippen molar-refractivity contribution >= 4 is 22.0 Å². The van der Waals surface area contributed by atoms with Crippen molar-refractivity contribution in [2.24, 2.45) is 0 Å². The van der Waals surface area contributed by atoms with Crippen LogP contribution in [0.15, 0.2) is 28.7 Å². The zero-order chi connectivity index (χ0) is 12.0. The molecule has 88 valence electrons. The normalized spacial score (nSPS) is 13.2. The van der Waals surface area contributed by atoms with E-state index in [1.165, 1.54) is 6.07 Å². The maximum atomic E-state index is 13.2. The van der Waals surface area contributed by atoms with Gasteiger partial charge < -0.3 is 5.32 Å². The fraction of sp³-hybridized carbons (Fsp3) is 0.385. The highest BCUT2D eigenvalue weighted by atomic mass is 79.9. The molecule has 0 aliphatic carbocycles. The molecule has 1 aromatic rings. The molecule has 0 aliphatic heterocycles. The largest absolute Gasteiger partial charge is 0.311 e. The second-order valence-electron chi connectivity index (χ2n) is 3.78. The van der Waals surface area contributed by atoms with Gasteiger partial charge in [0.1, 0.15) is 5.82 Å². The molecule has 0 aliphatic rings. The zero-order valence-corrected chi connectivity index (χ0v) is 11.2. The first-order chi connectivity index (χ1) is 7.63. The standard InChI is InChI=1S/C13H17BrFN/c1-3-8-16-10(2)4-5-11-6-7-12(14)13(15)9-11/h4-7,9-10,16H,3,8H2,1-2H3/b5-4+. The summed E-state index contributed by atoms with van der Waals surface area (Å²) >= 11 is 3.13. The average molecular weight is 286 g/mol. The molecule has 0 aromatic heterocycles. The number of nitrogens with one attached hydrogen (secondary N) is 1. The molecular weight excluding hydrogens is 269 g/mol. The zero-order valence-electron chi connectivity index (χ0n) is 9.63. The predicted molar refractivity (Wildman–Crippen MR) is 70.9 cm³/mol. The van der Waals surface area contributed by atoms with Crippen LogP contribution >= 0.6 is 15.9 Å². The van der Waals surface area contributed by atoms with E-state index >= 15 is 0 Å². The second kappa shape index (κ2) is 6.81. The van der Waals surface area contributed by atoms with Crippen LogP contribution in [0, 0.1) is 5.82 Å². The van der Waals surface area contributed by atoms with Gasteiger partial charge in [-0.3, -0.25) is 0 Å². The van der Waals surface area contributed by atoms with E-state index in [-0.39, 0.29) is 5.82 Å². The summed E-state index contributed by atoms with van der Waals surface area (Å²) in [6.45, 7) is 5.22. The van der Waals surface area contributed by atoms with Crippen LogP contribution in [0.3, 0.4) is 0 Å². The van der Waals surface area contributed by atoms with Crippen LogP contribution in [0.2, 0.25) is 0 Å². The minimum absolute atomic E-state index is 0.226. The predicted octanol–water partition coefficient (Wildman–Crippen LogP) is 3.99. The Morgan fingerprint density at radius 2 is 2.25 bits per heavy atom. The number of benzene rings is 1. The van der Waals surface area contributed by atoms with Crippen LogP contribution in [0.5, 0.6) is 0 Å². The summed E-state index contributed by atoms with van der Waals surface area (Å²) in [6, 6.07) is 5.44. The summed E-state index contributed by atoms with van der Waals surface area (Å²) in [5, 5.41) is 3.34. The van der Waals surface area contributed by atoms with Crippen molar-refractivity contribution in [1.82, 2.24) is 5.32 Å². The molecule has 0 amide bonds. The summed E-state index contributed by atoms with van der Waals surface area (Å²) < 4.78 is 13.7. The molecule has 0 spiro atoms. The van der Waals surface area contributed by atoms with E-state index < -0.39 is 0 Å². The highest BCUT2D eigenvalue weighted by Gasteiger charge is 1.98. The molecule has 0 heterocycles. The summed E-state index contributed by atoms with van der Waals surface area (Å²) in [4.78, 5) is 0. The van der Waals surface area contributed by atoms with Gasteiger partial charge in [-0.2, -0.15) is 0 Å². The molecule has 0 saturated heterocycles. The summed E-state index contributed by atoms with van der Waals surface area (Å²) in [6.07, 6.45) is 5.09. The Hall–Kier alpha value is -0.670. The van der Waals surface area contributed by atoms with Crippen LogP contribution in [0.4, 0.5) is 4.39 Å². The van der Waals surface area contributed by atoms with Gasteiger partial charge in [-0.25, -0.2) is 4.39 Å². The fourth-order valence-corrected chi connectivity index (χ4v) is 1.56. The molecule has 1 rings (SSSR count). The Labute approximate surface area is 105 Å². The Kier molecular flexibility index (Phi) is 5.71. The van der Waals surface area contributed by atoms with Gasteiger partial charge >= 0.3 is 0 Å². The molecule has 1 N–H and O–H groups in total. The van der Waals surface area contributed by atoms with E-state index in [1.807, 2.05) is 18.2 Å². The summed E-state index contributed by atoms with van der Waals surface area (Å²) in [5.74, 6) is -0.226. The van der Waals surface area contributed by atoms with Crippen molar-refractivity contribution in [3.05, 3.63) is 40.1 Å². The lowest BCUT2D eigenvalue weighted by molar-refractivity contribution is 0.620. The van der Waals surface area contributed by atoms with Crippen LogP contribution < -0.4 is 5.32 Å². The van der Waals surface area contributed by atoms with Crippen LogP contribution in [-0.4, -0.2) is 12.6 Å². The van der Waals surface area contributed by atoms with Crippen LogP contribution in [-0.2, 0) is 0 Å². The first-order valence-corrected chi connectivity index (χ1v) is 6.29. The van der Waals surface area contributed by atoms with Crippen molar-refractivity contribution in [2.45, 2.75) is 26.3 Å². The lowest BCUT2D eigenvalue weighted by atomic mass is 10.2. The minimum Gasteiger partial charge on any atom is -0.311 e. The average Bonchev–Trinajstić information content (AvgIpc) is 2.28. The molecule has 16 heavy (non-hydrogen) atoms. The van der Waals surface area contributed by atoms with E-state index in [2.05, 4.69) is 35.1 Å². The van der Waals surface area contributed by atoms with Gasteiger partial charge in [0.15, 0.2) is 0 Å². The van der Waals surface area contributed by atoms with Gasteiger partial charge in [-0.1, -0.05) is 25.1 Å². The Bertz CT molecular complexity index is 363. The first kappa shape index (κ1) is 13.4. The topological polar surface area (TPSA) is 12.0 Å². The number of rotatable bonds is 5. The van der Waals surface area contributed by atoms with Gasteiger partial charge in [-0.05, 0) is 53.5 Å². The molecule has 0 bridgehead atoms. The fourth-order valence-electron chi connectivity index (χ4n) is 1.31. The van der Waals surface area contributed by atoms with Crippen molar-refractivity contribution < 1.29 is 4.39 Å². The Morgan fingerprint density at radius 3 is 2.88 bits per heavy atom. The molecule has 0 saturated carbocycles. The highest BCUT2D eigenvalue weighted by molar-refractivity contribution is 9.10. The van der Waals surface area contributed by atoms with E-state index in [0.29, 0.717) is 10.5 Å². The molecule has 1 nitrogen and oxygen atoms in total. The Morgan fingerprint density at radius 1 is 1.50 bits per heavy atom. The second-order valence-corrected chi connectivity index (χ2v) is 4.63. The molecule has 1 aromatic carbocycles. The van der Waals surface area contributed by atoms with Crippen molar-refractivity contribution in [3.63, 3.8) is 0 Å². The Balaban J connectivity index is 2.58. The molecule has 0 radical (unpaired) electrons. The number of halogens is 2. The van der Waals surface area contributed by atoms with Crippen molar-refractivity contribution in [3.8, 4) is 0 Å². The van der Waals surface area contributed by atoms with E-state index in [9.17, 15) is 4.39 Å². The van der Waals surface area contributed by atoms with Crippen LogP contribution in [0.1, 0.15) is 25.8 Å². The lowest BCUT2D eigenvalue weighted by Gasteiger charge is -2.07. The molecule has 3 heteroatoms. The molecule has 1 unspecified atom stereocenters. The highest BCUT2D eigenvalue weighted by Crippen LogP contribution is 2.17. The van der Waals surface area contributed by atoms with E-state index in [0.717, 1.165) is 18.5 Å². The van der Waals surface area contributed by atoms with Gasteiger partial charge in [0, 0.05) is 6.04 Å². The third-order valence-corrected chi connectivity index (χ3v) is 2.88. The van der Waals surface area contributed by atoms with Crippen molar-refractivity contribution in [2.75, 3.05) is 6.54 Å². The van der Waals surface area contributed by atoms with Gasteiger partial charge in [0.2, 0.25) is 0 Å². The SMILES string of the molecule is CCCNC(C)/C=C/c1ccc(Br)c(F)c1. The summed E-state index contributed by atoms with van der Waals surface area (Å²) in [7, 11) is 0. The quantitative estimate of drug-likeness (QED) is 0.863. The maximum absolute atomic E-state index is 13.2. The van der Waals surface area contributed by atoms with Crippen molar-refractivity contribution in [1.29, 1.82) is 0 Å². The molecule has 1 atom stereocenters. The number of hydrogen-bond acceptors (Lipinski definition) is 1. The van der Waals surface area contributed by atoms with E-state index in [4.69, 9.17) is 0 Å². The number of hydrogen-bond donors (Lipinski definition) is 1. The summed E-state index contributed by atoms with van der Waals surface area (Å²) in [5.41, 5.74) is 0.880. The van der Waals surface area contributed by atoms with Gasteiger partial charge in [0.25, 0.3) is 0 Å². The van der Waals surface area contributed by atoms with Gasteiger partial charge in [-0.15, -0.1) is 0 Å². The van der Waals surface area contributed by atoms with Crippen LogP contribution in [0.25, 0.3) is 6.08 Å². The maximum Gasteiger partial charge on any atom is 0.137 e. The lowest BCUT2D eigenvalue weighted by Crippen LogP contribution is -2.24. The third kappa shape index (κ3) is 4.45. The smallest absolute Gasteiger partial charge is 0.137 e.